The second-order valence-electron chi connectivity index (χ2n) is 5.83. The molecular weight excluding hydrogens is 286 g/mol. The van der Waals surface area contributed by atoms with Crippen molar-refractivity contribution in [2.24, 2.45) is 0 Å². The van der Waals surface area contributed by atoms with Gasteiger partial charge in [-0.2, -0.15) is 0 Å². The summed E-state index contributed by atoms with van der Waals surface area (Å²) in [4.78, 5) is 14.3. The van der Waals surface area contributed by atoms with E-state index in [1.165, 1.54) is 0 Å². The highest BCUT2D eigenvalue weighted by Gasteiger charge is 2.50. The largest absolute Gasteiger partial charge is 0.497 e. The smallest absolute Gasteiger partial charge is 0.227 e. The van der Waals surface area contributed by atoms with Gasteiger partial charge >= 0.3 is 0 Å². The molecule has 3 rings (SSSR count). The summed E-state index contributed by atoms with van der Waals surface area (Å²) in [5, 5.41) is 0. The highest BCUT2D eigenvalue weighted by atomic mass is 32.2. The van der Waals surface area contributed by atoms with Crippen molar-refractivity contribution in [3.63, 3.8) is 0 Å². The molecule has 4 nitrogen and oxygen atoms in total. The van der Waals surface area contributed by atoms with Gasteiger partial charge in [-0.15, -0.1) is 11.8 Å². The summed E-state index contributed by atoms with van der Waals surface area (Å²) in [6.07, 6.45) is 1.90. The van der Waals surface area contributed by atoms with Crippen LogP contribution in [0.4, 0.5) is 0 Å². The molecule has 0 saturated carbocycles. The minimum absolute atomic E-state index is 0.215. The molecular formula is C16H21NO3S. The van der Waals surface area contributed by atoms with Crippen LogP contribution in [0.5, 0.6) is 5.75 Å². The van der Waals surface area contributed by atoms with E-state index in [0.717, 1.165) is 36.6 Å². The molecule has 21 heavy (non-hydrogen) atoms. The number of ether oxygens (including phenoxy) is 2. The summed E-state index contributed by atoms with van der Waals surface area (Å²) in [6, 6.07) is 7.71. The molecule has 5 heteroatoms. The lowest BCUT2D eigenvalue weighted by molar-refractivity contribution is -0.135. The maximum atomic E-state index is 12.3. The van der Waals surface area contributed by atoms with Crippen molar-refractivity contribution in [3.8, 4) is 5.75 Å². The third-order valence-corrected chi connectivity index (χ3v) is 5.91. The first-order valence-electron chi connectivity index (χ1n) is 7.21. The van der Waals surface area contributed by atoms with E-state index in [9.17, 15) is 4.79 Å². The van der Waals surface area contributed by atoms with Crippen molar-refractivity contribution in [2.75, 3.05) is 33.1 Å². The van der Waals surface area contributed by atoms with Gasteiger partial charge in [0, 0.05) is 26.0 Å². The van der Waals surface area contributed by atoms with E-state index in [2.05, 4.69) is 0 Å². The summed E-state index contributed by atoms with van der Waals surface area (Å²) in [5.41, 5.74) is 1.04. The molecule has 0 unspecified atom stereocenters. The first kappa shape index (κ1) is 14.7. The zero-order valence-electron chi connectivity index (χ0n) is 12.5. The van der Waals surface area contributed by atoms with Crippen LogP contribution in [0.1, 0.15) is 12.0 Å². The highest BCUT2D eigenvalue weighted by Crippen LogP contribution is 2.45. The van der Waals surface area contributed by atoms with E-state index in [1.807, 2.05) is 40.9 Å². The molecule has 0 radical (unpaired) electrons. The Hall–Kier alpha value is -1.20. The number of carbonyl (C=O) groups excluding carboxylic acids is 1. The topological polar surface area (TPSA) is 38.8 Å². The second-order valence-corrected chi connectivity index (χ2v) is 7.32. The molecule has 1 aromatic carbocycles. The monoisotopic (exact) mass is 307 g/mol. The van der Waals surface area contributed by atoms with Crippen molar-refractivity contribution in [1.82, 2.24) is 4.90 Å². The number of nitrogens with zero attached hydrogens (tertiary/aromatic N) is 1. The molecule has 1 amide bonds. The maximum absolute atomic E-state index is 12.3. The van der Waals surface area contributed by atoms with E-state index in [1.54, 1.807) is 14.2 Å². The number of rotatable bonds is 4. The quantitative estimate of drug-likeness (QED) is 0.852. The first-order valence-corrected chi connectivity index (χ1v) is 8.20. The summed E-state index contributed by atoms with van der Waals surface area (Å²) in [7, 11) is 3.42. The van der Waals surface area contributed by atoms with Gasteiger partial charge < -0.3 is 14.4 Å². The van der Waals surface area contributed by atoms with Crippen LogP contribution in [0.15, 0.2) is 24.3 Å². The molecule has 0 aromatic heterocycles. The van der Waals surface area contributed by atoms with Crippen LogP contribution in [0, 0.1) is 0 Å². The molecule has 1 aromatic rings. The minimum atomic E-state index is 0.215. The number of benzene rings is 1. The van der Waals surface area contributed by atoms with Crippen LogP contribution in [-0.2, 0) is 16.0 Å². The van der Waals surface area contributed by atoms with E-state index >= 15 is 0 Å². The number of thioether (sulfide) groups is 1. The van der Waals surface area contributed by atoms with Crippen molar-refractivity contribution in [1.29, 1.82) is 0 Å². The number of likely N-dealkylation sites (tertiary alicyclic amines) is 1. The molecule has 1 atom stereocenters. The fourth-order valence-corrected chi connectivity index (χ4v) is 4.62. The van der Waals surface area contributed by atoms with Crippen molar-refractivity contribution < 1.29 is 14.3 Å². The zero-order valence-corrected chi connectivity index (χ0v) is 13.3. The van der Waals surface area contributed by atoms with Gasteiger partial charge in [-0.25, -0.2) is 0 Å². The Morgan fingerprint density at radius 1 is 1.33 bits per heavy atom. The average Bonchev–Trinajstić information content (AvgIpc) is 2.91. The van der Waals surface area contributed by atoms with Gasteiger partial charge in [0.25, 0.3) is 0 Å². The molecule has 2 heterocycles. The van der Waals surface area contributed by atoms with Gasteiger partial charge in [0.15, 0.2) is 0 Å². The van der Waals surface area contributed by atoms with Gasteiger partial charge in [0.05, 0.1) is 24.4 Å². The fourth-order valence-electron chi connectivity index (χ4n) is 3.03. The van der Waals surface area contributed by atoms with Crippen molar-refractivity contribution >= 4 is 17.7 Å². The summed E-state index contributed by atoms with van der Waals surface area (Å²) >= 11 is 1.96. The first-order chi connectivity index (χ1) is 10.1. The Morgan fingerprint density at radius 3 is 2.62 bits per heavy atom. The van der Waals surface area contributed by atoms with Gasteiger partial charge in [0.1, 0.15) is 5.75 Å². The number of carbonyl (C=O) groups is 1. The van der Waals surface area contributed by atoms with Crippen molar-refractivity contribution in [3.05, 3.63) is 29.8 Å². The maximum Gasteiger partial charge on any atom is 0.227 e. The molecule has 2 aliphatic rings. The van der Waals surface area contributed by atoms with Gasteiger partial charge in [0.2, 0.25) is 5.91 Å². The van der Waals surface area contributed by atoms with Crippen LogP contribution in [-0.4, -0.2) is 54.7 Å². The molecule has 1 spiro atoms. The third-order valence-electron chi connectivity index (χ3n) is 4.33. The van der Waals surface area contributed by atoms with Gasteiger partial charge in [-0.05, 0) is 24.1 Å². The van der Waals surface area contributed by atoms with Crippen LogP contribution < -0.4 is 4.74 Å². The van der Waals surface area contributed by atoms with Crippen LogP contribution in [0.2, 0.25) is 0 Å². The fraction of sp³-hybridized carbons (Fsp3) is 0.562. The van der Waals surface area contributed by atoms with Crippen LogP contribution in [0.3, 0.4) is 0 Å². The predicted octanol–water partition coefficient (Wildman–Crippen LogP) is 1.97. The number of methoxy groups -OCH3 is 2. The number of hydrogen-bond acceptors (Lipinski definition) is 4. The molecule has 2 saturated heterocycles. The molecule has 2 aliphatic heterocycles. The Balaban J connectivity index is 1.51. The molecule has 0 N–H and O–H groups in total. The van der Waals surface area contributed by atoms with Crippen molar-refractivity contribution in [2.45, 2.75) is 23.7 Å². The number of hydrogen-bond donors (Lipinski definition) is 0. The predicted molar refractivity (Wildman–Crippen MR) is 83.9 cm³/mol. The molecule has 114 valence electrons. The van der Waals surface area contributed by atoms with Crippen LogP contribution in [0.25, 0.3) is 0 Å². The van der Waals surface area contributed by atoms with Gasteiger partial charge in [-0.1, -0.05) is 12.1 Å². The third kappa shape index (κ3) is 3.04. The van der Waals surface area contributed by atoms with E-state index < -0.39 is 0 Å². The number of amides is 1. The van der Waals surface area contributed by atoms with Crippen LogP contribution >= 0.6 is 11.8 Å². The lowest BCUT2D eigenvalue weighted by atomic mass is 9.92. The Kier molecular flexibility index (Phi) is 4.13. The SMILES string of the molecule is COc1ccc(CC(=O)N2CC3(C[C@@H](OC)CS3)C2)cc1. The summed E-state index contributed by atoms with van der Waals surface area (Å²) in [6.45, 7) is 1.74. The molecule has 0 bridgehead atoms. The summed E-state index contributed by atoms with van der Waals surface area (Å²) in [5.74, 6) is 2.09. The highest BCUT2D eigenvalue weighted by molar-refractivity contribution is 8.01. The lowest BCUT2D eigenvalue weighted by Gasteiger charge is -2.47. The standard InChI is InChI=1S/C16H21NO3S/c1-19-13-5-3-12(4-6-13)7-15(18)17-10-16(11-17)8-14(20-2)9-21-16/h3-6,14H,7-11H2,1-2H3/t14-/m1/s1. The Bertz CT molecular complexity index is 511. The molecule has 2 fully saturated rings. The Labute approximate surface area is 129 Å². The molecule has 0 aliphatic carbocycles. The van der Waals surface area contributed by atoms with E-state index in [4.69, 9.17) is 9.47 Å². The lowest BCUT2D eigenvalue weighted by Crippen LogP contribution is -2.61. The average molecular weight is 307 g/mol. The normalized spacial score (nSPS) is 23.1. The minimum Gasteiger partial charge on any atom is -0.497 e. The van der Waals surface area contributed by atoms with Gasteiger partial charge in [-0.3, -0.25) is 4.79 Å². The Morgan fingerprint density at radius 2 is 2.05 bits per heavy atom. The van der Waals surface area contributed by atoms with E-state index in [0.29, 0.717) is 12.5 Å². The van der Waals surface area contributed by atoms with E-state index in [-0.39, 0.29) is 10.7 Å². The zero-order chi connectivity index (χ0) is 14.9. The second kappa shape index (κ2) is 5.89. The summed E-state index contributed by atoms with van der Waals surface area (Å²) < 4.78 is 10.8.